The first-order chi connectivity index (χ1) is 8.63. The summed E-state index contributed by atoms with van der Waals surface area (Å²) in [7, 11) is 1.65. The number of aliphatic hydroxyl groups is 1. The molecule has 1 aromatic carbocycles. The monoisotopic (exact) mass is 315 g/mol. The first-order valence-corrected chi connectivity index (χ1v) is 6.75. The fourth-order valence-electron chi connectivity index (χ4n) is 1.98. The van der Waals surface area contributed by atoms with Crippen molar-refractivity contribution < 1.29 is 14.6 Å². The summed E-state index contributed by atoms with van der Waals surface area (Å²) in [6.07, 6.45) is 0.694. The van der Waals surface area contributed by atoms with Gasteiger partial charge in [0.25, 0.3) is 0 Å². The van der Waals surface area contributed by atoms with Crippen molar-refractivity contribution in [3.8, 4) is 5.75 Å². The number of halogens is 1. The van der Waals surface area contributed by atoms with E-state index in [1.54, 1.807) is 7.11 Å². The maximum Gasteiger partial charge on any atom is 0.119 e. The van der Waals surface area contributed by atoms with Crippen LogP contribution >= 0.6 is 15.9 Å². The van der Waals surface area contributed by atoms with Crippen LogP contribution in [0.2, 0.25) is 0 Å². The third-order valence-corrected chi connectivity index (χ3v) is 3.88. The van der Waals surface area contributed by atoms with Gasteiger partial charge in [-0.15, -0.1) is 0 Å². The zero-order valence-electron chi connectivity index (χ0n) is 10.4. The van der Waals surface area contributed by atoms with Gasteiger partial charge in [0.15, 0.2) is 0 Å². The summed E-state index contributed by atoms with van der Waals surface area (Å²) >= 11 is 3.50. The standard InChI is InChI=1S/C13H18BrNO3/c1-17-11-2-3-12(14)10(6-11)7-15-8-13(16)4-5-18-9-13/h2-3,6,15-16H,4-5,7-9H2,1H3. The third-order valence-electron chi connectivity index (χ3n) is 3.10. The zero-order valence-corrected chi connectivity index (χ0v) is 12.0. The molecule has 4 nitrogen and oxygen atoms in total. The fourth-order valence-corrected chi connectivity index (χ4v) is 2.37. The maximum atomic E-state index is 10.1. The van der Waals surface area contributed by atoms with Crippen LogP contribution in [0.25, 0.3) is 0 Å². The molecule has 0 radical (unpaired) electrons. The molecule has 5 heteroatoms. The molecule has 0 aliphatic carbocycles. The Kier molecular flexibility index (Phi) is 4.61. The van der Waals surface area contributed by atoms with Crippen LogP contribution in [0.15, 0.2) is 22.7 Å². The molecule has 1 heterocycles. The van der Waals surface area contributed by atoms with Crippen LogP contribution < -0.4 is 10.1 Å². The molecule has 1 fully saturated rings. The minimum atomic E-state index is -0.717. The molecule has 1 saturated heterocycles. The number of nitrogens with one attached hydrogen (secondary N) is 1. The Balaban J connectivity index is 1.89. The van der Waals surface area contributed by atoms with Crippen molar-refractivity contribution in [2.75, 3.05) is 26.9 Å². The van der Waals surface area contributed by atoms with E-state index in [1.807, 2.05) is 18.2 Å². The molecule has 0 saturated carbocycles. The van der Waals surface area contributed by atoms with Gasteiger partial charge < -0.3 is 19.9 Å². The fraction of sp³-hybridized carbons (Fsp3) is 0.538. The molecule has 1 unspecified atom stereocenters. The molecule has 2 rings (SSSR count). The van der Waals surface area contributed by atoms with Gasteiger partial charge in [-0.1, -0.05) is 15.9 Å². The average Bonchev–Trinajstić information content (AvgIpc) is 2.79. The molecule has 0 bridgehead atoms. The van der Waals surface area contributed by atoms with Crippen LogP contribution in [-0.4, -0.2) is 37.6 Å². The molecular weight excluding hydrogens is 298 g/mol. The Morgan fingerprint density at radius 2 is 2.39 bits per heavy atom. The quantitative estimate of drug-likeness (QED) is 0.868. The van der Waals surface area contributed by atoms with Crippen LogP contribution in [0.5, 0.6) is 5.75 Å². The highest BCUT2D eigenvalue weighted by Gasteiger charge is 2.31. The summed E-state index contributed by atoms with van der Waals surface area (Å²) in [6.45, 7) is 2.27. The summed E-state index contributed by atoms with van der Waals surface area (Å²) < 4.78 is 11.4. The Morgan fingerprint density at radius 1 is 1.56 bits per heavy atom. The van der Waals surface area contributed by atoms with Gasteiger partial charge in [-0.25, -0.2) is 0 Å². The second kappa shape index (κ2) is 6.02. The van der Waals surface area contributed by atoms with Crippen LogP contribution in [-0.2, 0) is 11.3 Å². The molecule has 0 aromatic heterocycles. The van der Waals surface area contributed by atoms with E-state index >= 15 is 0 Å². The number of methoxy groups -OCH3 is 1. The van der Waals surface area contributed by atoms with Crippen molar-refractivity contribution >= 4 is 15.9 Å². The maximum absolute atomic E-state index is 10.1. The van der Waals surface area contributed by atoms with Gasteiger partial charge in [-0.3, -0.25) is 0 Å². The van der Waals surface area contributed by atoms with E-state index in [4.69, 9.17) is 9.47 Å². The number of hydrogen-bond donors (Lipinski definition) is 2. The van der Waals surface area contributed by atoms with Crippen LogP contribution in [0, 0.1) is 0 Å². The van der Waals surface area contributed by atoms with Gasteiger partial charge in [0, 0.05) is 30.6 Å². The first kappa shape index (κ1) is 13.8. The van der Waals surface area contributed by atoms with Crippen molar-refractivity contribution in [1.82, 2.24) is 5.32 Å². The first-order valence-electron chi connectivity index (χ1n) is 5.96. The molecule has 1 aliphatic rings. The summed E-state index contributed by atoms with van der Waals surface area (Å²) in [4.78, 5) is 0. The average molecular weight is 316 g/mol. The summed E-state index contributed by atoms with van der Waals surface area (Å²) in [6, 6.07) is 5.85. The van der Waals surface area contributed by atoms with Gasteiger partial charge >= 0.3 is 0 Å². The minimum absolute atomic E-state index is 0.416. The smallest absolute Gasteiger partial charge is 0.119 e. The van der Waals surface area contributed by atoms with E-state index in [-0.39, 0.29) is 0 Å². The Hall–Kier alpha value is -0.620. The Bertz CT molecular complexity index is 405. The number of benzene rings is 1. The summed E-state index contributed by atoms with van der Waals surface area (Å²) in [5.74, 6) is 0.831. The van der Waals surface area contributed by atoms with Gasteiger partial charge in [0.05, 0.1) is 13.7 Å². The van der Waals surface area contributed by atoms with Crippen molar-refractivity contribution in [1.29, 1.82) is 0 Å². The Morgan fingerprint density at radius 3 is 3.06 bits per heavy atom. The third kappa shape index (κ3) is 3.45. The largest absolute Gasteiger partial charge is 0.497 e. The predicted octanol–water partition coefficient (Wildman–Crippen LogP) is 1.70. The van der Waals surface area contributed by atoms with Crippen LogP contribution in [0.1, 0.15) is 12.0 Å². The van der Waals surface area contributed by atoms with Crippen molar-refractivity contribution in [3.63, 3.8) is 0 Å². The summed E-state index contributed by atoms with van der Waals surface area (Å²) in [5.41, 5.74) is 0.391. The van der Waals surface area contributed by atoms with E-state index < -0.39 is 5.60 Å². The second-order valence-electron chi connectivity index (χ2n) is 4.59. The molecule has 18 heavy (non-hydrogen) atoms. The van der Waals surface area contributed by atoms with Gasteiger partial charge in [-0.05, 0) is 23.8 Å². The minimum Gasteiger partial charge on any atom is -0.497 e. The van der Waals surface area contributed by atoms with Crippen molar-refractivity contribution in [3.05, 3.63) is 28.2 Å². The van der Waals surface area contributed by atoms with Crippen LogP contribution in [0.4, 0.5) is 0 Å². The molecule has 2 N–H and O–H groups in total. The van der Waals surface area contributed by atoms with Gasteiger partial charge in [0.1, 0.15) is 11.4 Å². The predicted molar refractivity (Wildman–Crippen MR) is 72.8 cm³/mol. The molecular formula is C13H18BrNO3. The number of rotatable bonds is 5. The lowest BCUT2D eigenvalue weighted by atomic mass is 10.0. The highest BCUT2D eigenvalue weighted by molar-refractivity contribution is 9.10. The highest BCUT2D eigenvalue weighted by atomic mass is 79.9. The van der Waals surface area contributed by atoms with Gasteiger partial charge in [-0.2, -0.15) is 0 Å². The summed E-state index contributed by atoms with van der Waals surface area (Å²) in [5, 5.41) is 13.4. The van der Waals surface area contributed by atoms with E-state index in [0.29, 0.717) is 32.7 Å². The molecule has 1 aliphatic heterocycles. The number of hydrogen-bond acceptors (Lipinski definition) is 4. The van der Waals surface area contributed by atoms with E-state index in [0.717, 1.165) is 15.8 Å². The molecule has 0 amide bonds. The van der Waals surface area contributed by atoms with Crippen LogP contribution in [0.3, 0.4) is 0 Å². The molecule has 1 atom stereocenters. The van der Waals surface area contributed by atoms with Crippen molar-refractivity contribution in [2.45, 2.75) is 18.6 Å². The molecule has 100 valence electrons. The molecule has 0 spiro atoms. The molecule has 1 aromatic rings. The second-order valence-corrected chi connectivity index (χ2v) is 5.44. The lowest BCUT2D eigenvalue weighted by Crippen LogP contribution is -2.40. The number of ether oxygens (including phenoxy) is 2. The van der Waals surface area contributed by atoms with Gasteiger partial charge in [0.2, 0.25) is 0 Å². The topological polar surface area (TPSA) is 50.7 Å². The van der Waals surface area contributed by atoms with E-state index in [9.17, 15) is 5.11 Å². The van der Waals surface area contributed by atoms with E-state index in [1.165, 1.54) is 0 Å². The van der Waals surface area contributed by atoms with E-state index in [2.05, 4.69) is 21.2 Å². The SMILES string of the molecule is COc1ccc(Br)c(CNCC2(O)CCOC2)c1. The normalized spacial score (nSPS) is 23.3. The lowest BCUT2D eigenvalue weighted by molar-refractivity contribution is 0.0268. The zero-order chi connectivity index (χ0) is 13.0. The van der Waals surface area contributed by atoms with Crippen molar-refractivity contribution in [2.24, 2.45) is 0 Å². The lowest BCUT2D eigenvalue weighted by Gasteiger charge is -2.21. The Labute approximate surface area is 115 Å². The highest BCUT2D eigenvalue weighted by Crippen LogP contribution is 2.23.